The van der Waals surface area contributed by atoms with Crippen LogP contribution in [0.1, 0.15) is 5.56 Å². The number of anilines is 4. The summed E-state index contributed by atoms with van der Waals surface area (Å²) in [6.45, 7) is 0. The molecule has 0 radical (unpaired) electrons. The Labute approximate surface area is 135 Å². The minimum absolute atomic E-state index is 0.447. The van der Waals surface area contributed by atoms with Crippen molar-refractivity contribution in [3.05, 3.63) is 66.6 Å². The Balaban J connectivity index is 1.73. The number of benzene rings is 1. The van der Waals surface area contributed by atoms with Crippen LogP contribution in [-0.4, -0.2) is 15.0 Å². The Hall–Kier alpha value is -3.16. The minimum atomic E-state index is -4.35. The van der Waals surface area contributed by atoms with Crippen molar-refractivity contribution in [1.82, 2.24) is 15.0 Å². The standard InChI is InChI=1S/C16H12F3N5/c17-16(18,19)11-4-6-12(7-5-11)23-14-9-15(22-10-21-14)24-13-3-1-2-8-20-13/h1-10H,(H2,20,21,22,23,24). The lowest BCUT2D eigenvalue weighted by Crippen LogP contribution is -2.04. The fourth-order valence-electron chi connectivity index (χ4n) is 1.95. The molecule has 0 saturated carbocycles. The summed E-state index contributed by atoms with van der Waals surface area (Å²) in [6.07, 6.45) is -1.37. The van der Waals surface area contributed by atoms with Gasteiger partial charge in [0.2, 0.25) is 0 Å². The molecule has 0 fully saturated rings. The summed E-state index contributed by atoms with van der Waals surface area (Å²) in [5.41, 5.74) is -0.210. The van der Waals surface area contributed by atoms with Crippen LogP contribution in [0.25, 0.3) is 0 Å². The lowest BCUT2D eigenvalue weighted by molar-refractivity contribution is -0.137. The lowest BCUT2D eigenvalue weighted by Gasteiger charge is -2.10. The first-order chi connectivity index (χ1) is 11.5. The Morgan fingerprint density at radius 1 is 0.750 bits per heavy atom. The quantitative estimate of drug-likeness (QED) is 0.743. The second kappa shape index (κ2) is 6.53. The van der Waals surface area contributed by atoms with Gasteiger partial charge in [-0.15, -0.1) is 0 Å². The summed E-state index contributed by atoms with van der Waals surface area (Å²) >= 11 is 0. The van der Waals surface area contributed by atoms with E-state index in [1.807, 2.05) is 6.07 Å². The highest BCUT2D eigenvalue weighted by atomic mass is 19.4. The maximum Gasteiger partial charge on any atom is 0.416 e. The van der Waals surface area contributed by atoms with E-state index in [4.69, 9.17) is 0 Å². The first-order valence-corrected chi connectivity index (χ1v) is 6.95. The Morgan fingerprint density at radius 3 is 2.08 bits per heavy atom. The van der Waals surface area contributed by atoms with E-state index >= 15 is 0 Å². The molecule has 2 N–H and O–H groups in total. The van der Waals surface area contributed by atoms with Crippen molar-refractivity contribution < 1.29 is 13.2 Å². The van der Waals surface area contributed by atoms with Gasteiger partial charge in [0, 0.05) is 18.0 Å². The van der Waals surface area contributed by atoms with Gasteiger partial charge in [0.05, 0.1) is 5.56 Å². The number of hydrogen-bond acceptors (Lipinski definition) is 5. The summed E-state index contributed by atoms with van der Waals surface area (Å²) in [5.74, 6) is 1.58. The van der Waals surface area contributed by atoms with E-state index in [0.717, 1.165) is 12.1 Å². The van der Waals surface area contributed by atoms with E-state index in [1.54, 1.807) is 24.4 Å². The molecule has 0 bridgehead atoms. The van der Waals surface area contributed by atoms with Gasteiger partial charge < -0.3 is 10.6 Å². The van der Waals surface area contributed by atoms with E-state index in [2.05, 4.69) is 25.6 Å². The van der Waals surface area contributed by atoms with Crippen LogP contribution in [0.5, 0.6) is 0 Å². The Bertz CT molecular complexity index is 804. The number of pyridine rings is 1. The second-order valence-electron chi connectivity index (χ2n) is 4.83. The van der Waals surface area contributed by atoms with Crippen molar-refractivity contribution in [2.45, 2.75) is 6.18 Å². The van der Waals surface area contributed by atoms with Gasteiger partial charge in [-0.1, -0.05) is 6.07 Å². The highest BCUT2D eigenvalue weighted by Gasteiger charge is 2.29. The highest BCUT2D eigenvalue weighted by Crippen LogP contribution is 2.30. The molecule has 122 valence electrons. The van der Waals surface area contributed by atoms with Gasteiger partial charge in [0.15, 0.2) is 0 Å². The van der Waals surface area contributed by atoms with Crippen LogP contribution < -0.4 is 10.6 Å². The number of hydrogen-bond donors (Lipinski definition) is 2. The molecule has 1 aromatic carbocycles. The summed E-state index contributed by atoms with van der Waals surface area (Å²) in [7, 11) is 0. The number of rotatable bonds is 4. The summed E-state index contributed by atoms with van der Waals surface area (Å²) in [6, 6.07) is 11.7. The van der Waals surface area contributed by atoms with Crippen LogP contribution in [0.15, 0.2) is 61.1 Å². The van der Waals surface area contributed by atoms with Crippen molar-refractivity contribution in [3.63, 3.8) is 0 Å². The normalized spacial score (nSPS) is 11.1. The van der Waals surface area contributed by atoms with Crippen LogP contribution in [0, 0.1) is 0 Å². The molecule has 0 unspecified atom stereocenters. The van der Waals surface area contributed by atoms with Crippen LogP contribution in [0.2, 0.25) is 0 Å². The Kier molecular flexibility index (Phi) is 4.28. The number of alkyl halides is 3. The third kappa shape index (κ3) is 3.97. The number of nitrogens with one attached hydrogen (secondary N) is 2. The second-order valence-corrected chi connectivity index (χ2v) is 4.83. The molecule has 2 aromatic heterocycles. The topological polar surface area (TPSA) is 62.7 Å². The third-order valence-electron chi connectivity index (χ3n) is 3.07. The van der Waals surface area contributed by atoms with Gasteiger partial charge in [0.25, 0.3) is 0 Å². The number of nitrogens with zero attached hydrogens (tertiary/aromatic N) is 3. The predicted molar refractivity (Wildman–Crippen MR) is 84.3 cm³/mol. The number of aromatic nitrogens is 3. The smallest absolute Gasteiger partial charge is 0.340 e. The molecule has 0 amide bonds. The first kappa shape index (κ1) is 15.7. The fourth-order valence-corrected chi connectivity index (χ4v) is 1.95. The molecule has 0 spiro atoms. The van der Waals surface area contributed by atoms with Crippen molar-refractivity contribution >= 4 is 23.1 Å². The predicted octanol–water partition coefficient (Wildman–Crippen LogP) is 4.38. The molecule has 3 rings (SSSR count). The lowest BCUT2D eigenvalue weighted by atomic mass is 10.2. The molecule has 8 heteroatoms. The van der Waals surface area contributed by atoms with Crippen LogP contribution >= 0.6 is 0 Å². The van der Waals surface area contributed by atoms with Gasteiger partial charge in [-0.05, 0) is 36.4 Å². The van der Waals surface area contributed by atoms with Crippen LogP contribution in [-0.2, 0) is 6.18 Å². The molecule has 0 atom stereocenters. The average Bonchev–Trinajstić information content (AvgIpc) is 2.56. The van der Waals surface area contributed by atoms with Gasteiger partial charge in [-0.3, -0.25) is 0 Å². The molecular formula is C16H12F3N5. The molecule has 5 nitrogen and oxygen atoms in total. The molecule has 0 saturated heterocycles. The molecule has 0 aliphatic carbocycles. The van der Waals surface area contributed by atoms with Crippen molar-refractivity contribution in [2.24, 2.45) is 0 Å². The van der Waals surface area contributed by atoms with Gasteiger partial charge in [-0.2, -0.15) is 13.2 Å². The largest absolute Gasteiger partial charge is 0.416 e. The van der Waals surface area contributed by atoms with Crippen molar-refractivity contribution in [2.75, 3.05) is 10.6 Å². The van der Waals surface area contributed by atoms with Crippen LogP contribution in [0.4, 0.5) is 36.3 Å². The number of halogens is 3. The van der Waals surface area contributed by atoms with E-state index < -0.39 is 11.7 Å². The fraction of sp³-hybridized carbons (Fsp3) is 0.0625. The third-order valence-corrected chi connectivity index (χ3v) is 3.07. The van der Waals surface area contributed by atoms with E-state index in [9.17, 15) is 13.2 Å². The van der Waals surface area contributed by atoms with Gasteiger partial charge >= 0.3 is 6.18 Å². The van der Waals surface area contributed by atoms with E-state index in [-0.39, 0.29) is 0 Å². The summed E-state index contributed by atoms with van der Waals surface area (Å²) in [5, 5.41) is 5.94. The van der Waals surface area contributed by atoms with E-state index in [1.165, 1.54) is 18.5 Å². The molecule has 3 aromatic rings. The molecule has 2 heterocycles. The zero-order valence-corrected chi connectivity index (χ0v) is 12.2. The summed E-state index contributed by atoms with van der Waals surface area (Å²) in [4.78, 5) is 12.2. The van der Waals surface area contributed by atoms with Gasteiger partial charge in [-0.25, -0.2) is 15.0 Å². The zero-order chi connectivity index (χ0) is 17.0. The molecule has 24 heavy (non-hydrogen) atoms. The zero-order valence-electron chi connectivity index (χ0n) is 12.2. The molecular weight excluding hydrogens is 319 g/mol. The van der Waals surface area contributed by atoms with Gasteiger partial charge in [0.1, 0.15) is 23.8 Å². The van der Waals surface area contributed by atoms with Crippen LogP contribution in [0.3, 0.4) is 0 Å². The Morgan fingerprint density at radius 2 is 1.46 bits per heavy atom. The molecule has 0 aliphatic heterocycles. The maximum atomic E-state index is 12.6. The average molecular weight is 331 g/mol. The SMILES string of the molecule is FC(F)(F)c1ccc(Nc2cc(Nc3ccccn3)ncn2)cc1. The highest BCUT2D eigenvalue weighted by molar-refractivity contribution is 5.61. The first-order valence-electron chi connectivity index (χ1n) is 6.95. The maximum absolute atomic E-state index is 12.6. The molecule has 0 aliphatic rings. The van der Waals surface area contributed by atoms with Crippen molar-refractivity contribution in [1.29, 1.82) is 0 Å². The minimum Gasteiger partial charge on any atom is -0.340 e. The monoisotopic (exact) mass is 331 g/mol. The van der Waals surface area contributed by atoms with E-state index in [0.29, 0.717) is 23.1 Å². The van der Waals surface area contributed by atoms with Crippen molar-refractivity contribution in [3.8, 4) is 0 Å². The summed E-state index contributed by atoms with van der Waals surface area (Å²) < 4.78 is 37.7.